The first-order valence-corrected chi connectivity index (χ1v) is 13.6. The van der Waals surface area contributed by atoms with E-state index in [0.717, 1.165) is 16.7 Å². The first-order chi connectivity index (χ1) is 17.2. The fourth-order valence-corrected chi connectivity index (χ4v) is 5.75. The molecular formula is C28H32F2N2O3S. The smallest absolute Gasteiger partial charge is 0.243 e. The molecule has 0 unspecified atom stereocenters. The maximum absolute atomic E-state index is 13.4. The summed E-state index contributed by atoms with van der Waals surface area (Å²) in [5.41, 5.74) is 2.67. The van der Waals surface area contributed by atoms with Crippen LogP contribution in [0.2, 0.25) is 0 Å². The Balaban J connectivity index is 1.33. The van der Waals surface area contributed by atoms with Gasteiger partial charge < -0.3 is 4.74 Å². The zero-order valence-electron chi connectivity index (χ0n) is 20.6. The number of piperazine rings is 1. The molecule has 0 atom stereocenters. The van der Waals surface area contributed by atoms with Crippen LogP contribution in [-0.4, -0.2) is 57.0 Å². The molecule has 1 saturated heterocycles. The van der Waals surface area contributed by atoms with Crippen LogP contribution in [0.25, 0.3) is 0 Å². The summed E-state index contributed by atoms with van der Waals surface area (Å²) < 4.78 is 60.7. The van der Waals surface area contributed by atoms with Crippen molar-refractivity contribution in [3.8, 4) is 0 Å². The number of ether oxygens (including phenoxy) is 1. The van der Waals surface area contributed by atoms with Crippen LogP contribution in [0.5, 0.6) is 0 Å². The molecular weight excluding hydrogens is 482 g/mol. The van der Waals surface area contributed by atoms with Gasteiger partial charge in [0.15, 0.2) is 0 Å². The highest BCUT2D eigenvalue weighted by atomic mass is 32.2. The van der Waals surface area contributed by atoms with Crippen molar-refractivity contribution < 1.29 is 21.9 Å². The summed E-state index contributed by atoms with van der Waals surface area (Å²) in [5, 5.41) is 0. The normalized spacial score (nSPS) is 15.6. The van der Waals surface area contributed by atoms with Crippen LogP contribution in [0.15, 0.2) is 77.7 Å². The van der Waals surface area contributed by atoms with E-state index in [0.29, 0.717) is 50.1 Å². The molecule has 0 bridgehead atoms. The molecule has 4 rings (SSSR count). The first-order valence-electron chi connectivity index (χ1n) is 12.2. The fourth-order valence-electron chi connectivity index (χ4n) is 4.33. The number of halogens is 2. The van der Waals surface area contributed by atoms with Gasteiger partial charge in [0.2, 0.25) is 10.0 Å². The molecule has 0 amide bonds. The summed E-state index contributed by atoms with van der Waals surface area (Å²) in [4.78, 5) is 2.49. The second kappa shape index (κ2) is 11.6. The third-order valence-electron chi connectivity index (χ3n) is 6.55. The topological polar surface area (TPSA) is 49.9 Å². The predicted molar refractivity (Wildman–Crippen MR) is 136 cm³/mol. The lowest BCUT2D eigenvalue weighted by Crippen LogP contribution is -2.49. The van der Waals surface area contributed by atoms with Gasteiger partial charge in [0.25, 0.3) is 0 Å². The Morgan fingerprint density at radius 3 is 1.69 bits per heavy atom. The molecule has 0 saturated carbocycles. The summed E-state index contributed by atoms with van der Waals surface area (Å²) in [7, 11) is -3.53. The summed E-state index contributed by atoms with van der Waals surface area (Å²) in [5.74, 6) is -0.321. The minimum Gasteiger partial charge on any atom is -0.367 e. The van der Waals surface area contributed by atoms with E-state index in [9.17, 15) is 17.2 Å². The third kappa shape index (κ3) is 6.37. The zero-order chi connectivity index (χ0) is 25.7. The van der Waals surface area contributed by atoms with Crippen LogP contribution in [0.3, 0.4) is 0 Å². The Labute approximate surface area is 212 Å². The molecule has 1 heterocycles. The molecule has 5 nitrogen and oxygen atoms in total. The van der Waals surface area contributed by atoms with Gasteiger partial charge in [0.05, 0.1) is 11.5 Å². The SMILES string of the molecule is CC(C)c1ccc(S(=O)(=O)N2CCN(CCOC(c3ccc(F)cc3)c3ccc(F)cc3)CC2)cc1. The molecule has 36 heavy (non-hydrogen) atoms. The molecule has 1 fully saturated rings. The van der Waals surface area contributed by atoms with Gasteiger partial charge in [-0.25, -0.2) is 17.2 Å². The van der Waals surface area contributed by atoms with Crippen molar-refractivity contribution in [2.75, 3.05) is 39.3 Å². The van der Waals surface area contributed by atoms with Gasteiger partial charge in [-0.15, -0.1) is 0 Å². The molecule has 0 aliphatic carbocycles. The van der Waals surface area contributed by atoms with Crippen molar-refractivity contribution in [1.82, 2.24) is 9.21 Å². The minimum atomic E-state index is -3.53. The number of nitrogens with zero attached hydrogens (tertiary/aromatic N) is 2. The Hall–Kier alpha value is -2.65. The maximum atomic E-state index is 13.4. The molecule has 8 heteroatoms. The van der Waals surface area contributed by atoms with Gasteiger partial charge >= 0.3 is 0 Å². The highest BCUT2D eigenvalue weighted by molar-refractivity contribution is 7.89. The summed E-state index contributed by atoms with van der Waals surface area (Å²) in [6, 6.07) is 19.3. The number of hydrogen-bond acceptors (Lipinski definition) is 4. The fraction of sp³-hybridized carbons (Fsp3) is 0.357. The second-order valence-electron chi connectivity index (χ2n) is 9.32. The van der Waals surface area contributed by atoms with E-state index < -0.39 is 16.1 Å². The summed E-state index contributed by atoms with van der Waals surface area (Å²) in [6.07, 6.45) is -0.457. The van der Waals surface area contributed by atoms with Crippen LogP contribution in [0, 0.1) is 11.6 Å². The van der Waals surface area contributed by atoms with E-state index in [-0.39, 0.29) is 11.6 Å². The third-order valence-corrected chi connectivity index (χ3v) is 8.47. The van der Waals surface area contributed by atoms with Crippen molar-refractivity contribution in [3.05, 3.63) is 101 Å². The van der Waals surface area contributed by atoms with E-state index >= 15 is 0 Å². The van der Waals surface area contributed by atoms with E-state index in [2.05, 4.69) is 18.7 Å². The lowest BCUT2D eigenvalue weighted by atomic mass is 10.0. The van der Waals surface area contributed by atoms with E-state index in [1.54, 1.807) is 36.4 Å². The molecule has 0 radical (unpaired) electrons. The predicted octanol–water partition coefficient (Wildman–Crippen LogP) is 5.20. The van der Waals surface area contributed by atoms with Crippen LogP contribution < -0.4 is 0 Å². The molecule has 0 spiro atoms. The van der Waals surface area contributed by atoms with E-state index in [1.165, 1.54) is 28.6 Å². The summed E-state index contributed by atoms with van der Waals surface area (Å²) in [6.45, 7) is 7.19. The van der Waals surface area contributed by atoms with Crippen molar-refractivity contribution >= 4 is 10.0 Å². The Morgan fingerprint density at radius 2 is 1.22 bits per heavy atom. The molecule has 0 aromatic heterocycles. The van der Waals surface area contributed by atoms with Crippen LogP contribution >= 0.6 is 0 Å². The van der Waals surface area contributed by atoms with Crippen LogP contribution in [0.4, 0.5) is 8.78 Å². The van der Waals surface area contributed by atoms with Gasteiger partial charge in [0, 0.05) is 32.7 Å². The number of rotatable bonds is 9. The average Bonchev–Trinajstić information content (AvgIpc) is 2.88. The molecule has 3 aromatic rings. The monoisotopic (exact) mass is 514 g/mol. The van der Waals surface area contributed by atoms with Crippen molar-refractivity contribution in [1.29, 1.82) is 0 Å². The summed E-state index contributed by atoms with van der Waals surface area (Å²) >= 11 is 0. The van der Waals surface area contributed by atoms with E-state index in [1.807, 2.05) is 12.1 Å². The standard InChI is InChI=1S/C28H32F2N2O3S/c1-21(2)22-7-13-27(14-8-22)36(33,34)32-17-15-31(16-18-32)19-20-35-28(23-3-9-25(29)10-4-23)24-5-11-26(30)12-6-24/h3-14,21,28H,15-20H2,1-2H3. The van der Waals surface area contributed by atoms with Gasteiger partial charge in [0.1, 0.15) is 17.7 Å². The molecule has 1 aliphatic heterocycles. The Morgan fingerprint density at radius 1 is 0.750 bits per heavy atom. The maximum Gasteiger partial charge on any atom is 0.243 e. The Kier molecular flexibility index (Phi) is 8.51. The van der Waals surface area contributed by atoms with Gasteiger partial charge in [-0.2, -0.15) is 4.31 Å². The highest BCUT2D eigenvalue weighted by Crippen LogP contribution is 2.27. The first kappa shape index (κ1) is 26.4. The lowest BCUT2D eigenvalue weighted by Gasteiger charge is -2.34. The van der Waals surface area contributed by atoms with E-state index in [4.69, 9.17) is 4.74 Å². The van der Waals surface area contributed by atoms with Crippen molar-refractivity contribution in [2.24, 2.45) is 0 Å². The molecule has 192 valence electrons. The molecule has 0 N–H and O–H groups in total. The zero-order valence-corrected chi connectivity index (χ0v) is 21.4. The second-order valence-corrected chi connectivity index (χ2v) is 11.3. The Bertz CT molecular complexity index is 1180. The number of hydrogen-bond donors (Lipinski definition) is 0. The number of sulfonamides is 1. The average molecular weight is 515 g/mol. The van der Waals surface area contributed by atoms with Gasteiger partial charge in [-0.05, 0) is 59.0 Å². The molecule has 1 aliphatic rings. The van der Waals surface area contributed by atoms with Crippen molar-refractivity contribution in [3.63, 3.8) is 0 Å². The highest BCUT2D eigenvalue weighted by Gasteiger charge is 2.28. The quantitative estimate of drug-likeness (QED) is 0.394. The molecule has 3 aromatic carbocycles. The lowest BCUT2D eigenvalue weighted by molar-refractivity contribution is 0.0526. The van der Waals surface area contributed by atoms with Crippen LogP contribution in [0.1, 0.15) is 42.6 Å². The van der Waals surface area contributed by atoms with Gasteiger partial charge in [-0.3, -0.25) is 4.90 Å². The van der Waals surface area contributed by atoms with Crippen LogP contribution in [-0.2, 0) is 14.8 Å². The minimum absolute atomic E-state index is 0.324. The van der Waals surface area contributed by atoms with Crippen molar-refractivity contribution in [2.45, 2.75) is 30.8 Å². The van der Waals surface area contributed by atoms with Gasteiger partial charge in [-0.1, -0.05) is 50.2 Å². The number of benzene rings is 3. The largest absolute Gasteiger partial charge is 0.367 e.